The summed E-state index contributed by atoms with van der Waals surface area (Å²) in [6, 6.07) is 3.02. The molecule has 0 aromatic carbocycles. The summed E-state index contributed by atoms with van der Waals surface area (Å²) < 4.78 is 11.3. The maximum atomic E-state index is 11.9. The Balaban J connectivity index is 2.39. The van der Waals surface area contributed by atoms with Crippen molar-refractivity contribution in [3.05, 3.63) is 34.9 Å². The average molecular weight is 236 g/mol. The van der Waals surface area contributed by atoms with Gasteiger partial charge in [-0.15, -0.1) is 0 Å². The van der Waals surface area contributed by atoms with Crippen LogP contribution < -0.4 is 10.3 Å². The molecule has 0 fully saturated rings. The zero-order valence-corrected chi connectivity index (χ0v) is 9.29. The van der Waals surface area contributed by atoms with Crippen molar-refractivity contribution in [1.82, 2.24) is 9.38 Å². The minimum atomic E-state index is -0.359. The van der Waals surface area contributed by atoms with Gasteiger partial charge in [-0.1, -0.05) is 0 Å². The molecule has 2 heterocycles. The Hall–Kier alpha value is -2.08. The Labute approximate surface area is 97.1 Å². The van der Waals surface area contributed by atoms with Gasteiger partial charge in [-0.3, -0.25) is 9.20 Å². The van der Waals surface area contributed by atoms with Gasteiger partial charge >= 0.3 is 0 Å². The number of nitrogens with zero attached hydrogens (tertiary/aromatic N) is 2. The molecule has 0 bridgehead atoms. The number of rotatable bonds is 4. The highest BCUT2D eigenvalue weighted by Crippen LogP contribution is 2.10. The van der Waals surface area contributed by atoms with Crippen LogP contribution in [0.25, 0.3) is 5.65 Å². The monoisotopic (exact) mass is 236 g/mol. The SMILES string of the molecule is COCCOc1cnc2ccc(O)cn2c1=O. The molecule has 0 unspecified atom stereocenters. The van der Waals surface area contributed by atoms with Gasteiger partial charge in [0.2, 0.25) is 5.75 Å². The summed E-state index contributed by atoms with van der Waals surface area (Å²) in [5, 5.41) is 9.31. The summed E-state index contributed by atoms with van der Waals surface area (Å²) >= 11 is 0. The van der Waals surface area contributed by atoms with E-state index < -0.39 is 0 Å². The van der Waals surface area contributed by atoms with Crippen LogP contribution in [-0.2, 0) is 4.74 Å². The molecule has 0 aliphatic rings. The molecule has 0 amide bonds. The maximum Gasteiger partial charge on any atom is 0.300 e. The third kappa shape index (κ3) is 2.36. The predicted octanol–water partition coefficient (Wildman–Crippen LogP) is 0.425. The van der Waals surface area contributed by atoms with Crippen molar-refractivity contribution in [3.8, 4) is 11.5 Å². The van der Waals surface area contributed by atoms with Crippen LogP contribution in [0.2, 0.25) is 0 Å². The molecule has 0 aliphatic heterocycles. The standard InChI is InChI=1S/C11H12N2O4/c1-16-4-5-17-9-6-12-10-3-2-8(14)7-13(10)11(9)15/h2-3,6-7,14H,4-5H2,1H3. The van der Waals surface area contributed by atoms with Gasteiger partial charge in [0.25, 0.3) is 5.56 Å². The number of aromatic hydroxyl groups is 1. The number of methoxy groups -OCH3 is 1. The molecule has 6 nitrogen and oxygen atoms in total. The van der Waals surface area contributed by atoms with Crippen molar-refractivity contribution in [2.75, 3.05) is 20.3 Å². The highest BCUT2D eigenvalue weighted by Gasteiger charge is 2.06. The molecule has 0 aliphatic carbocycles. The van der Waals surface area contributed by atoms with Crippen LogP contribution in [0.4, 0.5) is 0 Å². The van der Waals surface area contributed by atoms with Crippen LogP contribution >= 0.6 is 0 Å². The van der Waals surface area contributed by atoms with Crippen LogP contribution in [0.15, 0.2) is 29.3 Å². The van der Waals surface area contributed by atoms with Crippen LogP contribution in [0.1, 0.15) is 0 Å². The fraction of sp³-hybridized carbons (Fsp3) is 0.273. The highest BCUT2D eigenvalue weighted by molar-refractivity contribution is 5.42. The maximum absolute atomic E-state index is 11.9. The lowest BCUT2D eigenvalue weighted by Crippen LogP contribution is -2.18. The first-order valence-corrected chi connectivity index (χ1v) is 5.04. The van der Waals surface area contributed by atoms with E-state index in [0.29, 0.717) is 12.3 Å². The van der Waals surface area contributed by atoms with Crippen LogP contribution in [0, 0.1) is 0 Å². The second-order valence-electron chi connectivity index (χ2n) is 3.38. The van der Waals surface area contributed by atoms with Gasteiger partial charge in [-0.2, -0.15) is 0 Å². The largest absolute Gasteiger partial charge is 0.506 e. The summed E-state index contributed by atoms with van der Waals surface area (Å²) in [6.07, 6.45) is 2.66. The van der Waals surface area contributed by atoms with Crippen molar-refractivity contribution >= 4 is 5.65 Å². The van der Waals surface area contributed by atoms with Crippen molar-refractivity contribution in [2.24, 2.45) is 0 Å². The Bertz CT molecular complexity index is 579. The Morgan fingerprint density at radius 3 is 3.00 bits per heavy atom. The van der Waals surface area contributed by atoms with Crippen LogP contribution in [0.5, 0.6) is 11.5 Å². The van der Waals surface area contributed by atoms with Crippen LogP contribution in [-0.4, -0.2) is 34.8 Å². The lowest BCUT2D eigenvalue weighted by Gasteiger charge is -2.06. The summed E-state index contributed by atoms with van der Waals surface area (Å²) in [6.45, 7) is 0.667. The topological polar surface area (TPSA) is 73.1 Å². The summed E-state index contributed by atoms with van der Waals surface area (Å²) in [7, 11) is 1.55. The fourth-order valence-corrected chi connectivity index (χ4v) is 1.38. The van der Waals surface area contributed by atoms with E-state index in [2.05, 4.69) is 4.98 Å². The van der Waals surface area contributed by atoms with E-state index in [1.54, 1.807) is 13.2 Å². The molecule has 2 aromatic heterocycles. The summed E-state index contributed by atoms with van der Waals surface area (Å²) in [5.74, 6) is 0.126. The third-order valence-electron chi connectivity index (χ3n) is 2.20. The predicted molar refractivity (Wildman–Crippen MR) is 60.5 cm³/mol. The normalized spacial score (nSPS) is 10.6. The Morgan fingerprint density at radius 1 is 1.41 bits per heavy atom. The zero-order valence-electron chi connectivity index (χ0n) is 9.29. The van der Waals surface area contributed by atoms with Gasteiger partial charge in [0, 0.05) is 7.11 Å². The first-order valence-electron chi connectivity index (χ1n) is 5.04. The van der Waals surface area contributed by atoms with E-state index in [1.807, 2.05) is 0 Å². The van der Waals surface area contributed by atoms with Gasteiger partial charge in [0.1, 0.15) is 18.0 Å². The smallest absolute Gasteiger partial charge is 0.300 e. The van der Waals surface area contributed by atoms with E-state index in [-0.39, 0.29) is 23.7 Å². The Morgan fingerprint density at radius 2 is 2.24 bits per heavy atom. The van der Waals surface area contributed by atoms with E-state index in [1.165, 1.54) is 22.9 Å². The zero-order chi connectivity index (χ0) is 12.3. The van der Waals surface area contributed by atoms with Crippen molar-refractivity contribution < 1.29 is 14.6 Å². The van der Waals surface area contributed by atoms with Gasteiger partial charge in [0.05, 0.1) is 19.0 Å². The number of aromatic nitrogens is 2. The molecule has 1 N–H and O–H groups in total. The molecule has 0 atom stereocenters. The quantitative estimate of drug-likeness (QED) is 0.779. The summed E-state index contributed by atoms with van der Waals surface area (Å²) in [5.41, 5.74) is 0.0916. The Kier molecular flexibility index (Phi) is 3.24. The molecule has 0 spiro atoms. The number of fused-ring (bicyclic) bond motifs is 1. The van der Waals surface area contributed by atoms with E-state index in [0.717, 1.165) is 0 Å². The molecule has 0 saturated heterocycles. The van der Waals surface area contributed by atoms with Crippen molar-refractivity contribution in [3.63, 3.8) is 0 Å². The minimum Gasteiger partial charge on any atom is -0.506 e. The van der Waals surface area contributed by atoms with E-state index >= 15 is 0 Å². The van der Waals surface area contributed by atoms with Crippen molar-refractivity contribution in [1.29, 1.82) is 0 Å². The van der Waals surface area contributed by atoms with Crippen LogP contribution in [0.3, 0.4) is 0 Å². The average Bonchev–Trinajstić information content (AvgIpc) is 2.33. The molecule has 17 heavy (non-hydrogen) atoms. The third-order valence-corrected chi connectivity index (χ3v) is 2.20. The highest BCUT2D eigenvalue weighted by atomic mass is 16.5. The number of pyridine rings is 1. The van der Waals surface area contributed by atoms with E-state index in [9.17, 15) is 9.90 Å². The van der Waals surface area contributed by atoms with E-state index in [4.69, 9.17) is 9.47 Å². The molecule has 0 radical (unpaired) electrons. The second-order valence-corrected chi connectivity index (χ2v) is 3.38. The molecule has 6 heteroatoms. The second kappa shape index (κ2) is 4.84. The molecule has 0 saturated carbocycles. The first kappa shape index (κ1) is 11.4. The van der Waals surface area contributed by atoms with Crippen molar-refractivity contribution in [2.45, 2.75) is 0 Å². The number of ether oxygens (including phenoxy) is 2. The number of hydrogen-bond donors (Lipinski definition) is 1. The molecular formula is C11H12N2O4. The molecule has 2 rings (SSSR count). The van der Waals surface area contributed by atoms with Gasteiger partial charge in [-0.05, 0) is 12.1 Å². The van der Waals surface area contributed by atoms with Gasteiger partial charge in [0.15, 0.2) is 0 Å². The molecule has 90 valence electrons. The van der Waals surface area contributed by atoms with Gasteiger partial charge in [-0.25, -0.2) is 4.98 Å². The molecular weight excluding hydrogens is 224 g/mol. The molecule has 2 aromatic rings. The fourth-order valence-electron chi connectivity index (χ4n) is 1.38. The minimum absolute atomic E-state index is 0.00422. The number of hydrogen-bond acceptors (Lipinski definition) is 5. The lowest BCUT2D eigenvalue weighted by molar-refractivity contribution is 0.145. The lowest BCUT2D eigenvalue weighted by atomic mass is 10.4. The summed E-state index contributed by atoms with van der Waals surface area (Å²) in [4.78, 5) is 16.0. The van der Waals surface area contributed by atoms with Gasteiger partial charge < -0.3 is 14.6 Å². The first-order chi connectivity index (χ1) is 8.22.